The van der Waals surface area contributed by atoms with Crippen molar-refractivity contribution in [2.75, 3.05) is 54.4 Å². The lowest BCUT2D eigenvalue weighted by Crippen LogP contribution is -2.70. The maximum absolute atomic E-state index is 2.60. The molecule has 0 rings (SSSR count). The second-order valence-corrected chi connectivity index (χ2v) is 5.96. The molecule has 0 radical (unpaired) electrons. The monoisotopic (exact) mass is 273 g/mol. The van der Waals surface area contributed by atoms with Gasteiger partial charge in [0.25, 0.3) is 0 Å². The molecule has 0 saturated heterocycles. The first-order chi connectivity index (χ1) is 8.86. The molecule has 0 heterocycles. The number of nitrogens with zero attached hydrogens (tertiary/aromatic N) is 4. The lowest BCUT2D eigenvalue weighted by molar-refractivity contribution is -1.04. The van der Waals surface area contributed by atoms with E-state index in [1.807, 2.05) is 0 Å². The number of rotatable bonds is 10. The van der Waals surface area contributed by atoms with Crippen molar-refractivity contribution in [1.82, 2.24) is 14.8 Å². The molecule has 4 heteroatoms. The van der Waals surface area contributed by atoms with Crippen LogP contribution in [0.3, 0.4) is 0 Å². The van der Waals surface area contributed by atoms with Gasteiger partial charge in [-0.3, -0.25) is 0 Å². The Morgan fingerprint density at radius 3 is 1.53 bits per heavy atom. The lowest BCUT2D eigenvalue weighted by atomic mass is 10.3. The first-order valence-corrected chi connectivity index (χ1v) is 7.86. The van der Waals surface area contributed by atoms with Crippen LogP contribution in [0.25, 0.3) is 0 Å². The highest BCUT2D eigenvalue weighted by Gasteiger charge is 2.39. The molecule has 0 spiro atoms. The van der Waals surface area contributed by atoms with Gasteiger partial charge in [-0.1, -0.05) is 27.7 Å². The Labute approximate surface area is 121 Å². The summed E-state index contributed by atoms with van der Waals surface area (Å²) >= 11 is 0. The molecule has 0 N–H and O–H groups in total. The molecule has 0 aliphatic carbocycles. The van der Waals surface area contributed by atoms with E-state index in [0.29, 0.717) is 6.29 Å². The summed E-state index contributed by atoms with van der Waals surface area (Å²) in [6.07, 6.45) is 2.81. The molecule has 116 valence electrons. The molecule has 0 aromatic rings. The molecule has 0 bridgehead atoms. The van der Waals surface area contributed by atoms with E-state index in [-0.39, 0.29) is 0 Å². The Hall–Kier alpha value is -0.160. The van der Waals surface area contributed by atoms with Crippen LogP contribution in [-0.2, 0) is 0 Å². The van der Waals surface area contributed by atoms with Crippen molar-refractivity contribution >= 4 is 0 Å². The first-order valence-electron chi connectivity index (χ1n) is 7.86. The molecule has 0 saturated carbocycles. The van der Waals surface area contributed by atoms with Crippen LogP contribution in [0.2, 0.25) is 0 Å². The molecule has 0 fully saturated rings. The fourth-order valence-electron chi connectivity index (χ4n) is 3.13. The third-order valence-corrected chi connectivity index (χ3v) is 3.86. The predicted octanol–water partition coefficient (Wildman–Crippen LogP) is 2.29. The van der Waals surface area contributed by atoms with Gasteiger partial charge in [0, 0.05) is 26.2 Å². The van der Waals surface area contributed by atoms with Crippen LogP contribution in [0.5, 0.6) is 0 Å². The summed E-state index contributed by atoms with van der Waals surface area (Å²) in [6, 6.07) is 0. The quantitative estimate of drug-likeness (QED) is 0.343. The summed E-state index contributed by atoms with van der Waals surface area (Å²) in [7, 11) is 9.07. The van der Waals surface area contributed by atoms with E-state index in [2.05, 4.69) is 70.7 Å². The maximum Gasteiger partial charge on any atom is 0.222 e. The topological polar surface area (TPSA) is 9.72 Å². The van der Waals surface area contributed by atoms with Crippen LogP contribution in [0.1, 0.15) is 40.5 Å². The summed E-state index contributed by atoms with van der Waals surface area (Å²) in [5, 5.41) is 2.60. The SMILES string of the molecule is CCCN(CCC)[N+](C)(C)C(N(C)C)N(CC)CC. The summed E-state index contributed by atoms with van der Waals surface area (Å²) in [5.41, 5.74) is 0. The average molecular weight is 273 g/mol. The fourth-order valence-corrected chi connectivity index (χ4v) is 3.13. The Bertz CT molecular complexity index is 218. The van der Waals surface area contributed by atoms with Gasteiger partial charge in [-0.15, -0.1) is 0 Å². The van der Waals surface area contributed by atoms with Gasteiger partial charge < -0.3 is 0 Å². The van der Waals surface area contributed by atoms with Crippen molar-refractivity contribution in [2.45, 2.75) is 46.8 Å². The largest absolute Gasteiger partial charge is 0.245 e. The number of hydrogen-bond acceptors (Lipinski definition) is 3. The van der Waals surface area contributed by atoms with Crippen LogP contribution < -0.4 is 0 Å². The molecule has 1 unspecified atom stereocenters. The molecule has 0 aliphatic rings. The standard InChI is InChI=1S/C15H37N4/c1-9-13-18(14-10-2)19(7,8)15(16(5)6)17(11-3)12-4/h15H,9-14H2,1-8H3/q+1. The van der Waals surface area contributed by atoms with Gasteiger partial charge in [0.15, 0.2) is 0 Å². The van der Waals surface area contributed by atoms with Crippen LogP contribution in [0, 0.1) is 0 Å². The van der Waals surface area contributed by atoms with Crippen LogP contribution in [-0.4, -0.2) is 80.1 Å². The zero-order chi connectivity index (χ0) is 15.1. The minimum absolute atomic E-state index is 0.396. The van der Waals surface area contributed by atoms with Crippen molar-refractivity contribution in [3.8, 4) is 0 Å². The van der Waals surface area contributed by atoms with Gasteiger partial charge in [0.05, 0.1) is 14.1 Å². The van der Waals surface area contributed by atoms with Crippen molar-refractivity contribution in [3.63, 3.8) is 0 Å². The van der Waals surface area contributed by atoms with E-state index in [4.69, 9.17) is 0 Å². The second-order valence-electron chi connectivity index (χ2n) is 5.96. The molecule has 1 atom stereocenters. The van der Waals surface area contributed by atoms with E-state index < -0.39 is 0 Å². The van der Waals surface area contributed by atoms with Gasteiger partial charge in [0.2, 0.25) is 6.29 Å². The third-order valence-electron chi connectivity index (χ3n) is 3.86. The van der Waals surface area contributed by atoms with E-state index in [0.717, 1.165) is 30.8 Å². The average Bonchev–Trinajstić information content (AvgIpc) is 2.34. The van der Waals surface area contributed by atoms with Crippen molar-refractivity contribution in [1.29, 1.82) is 0 Å². The number of quaternary nitrogens is 1. The predicted molar refractivity (Wildman–Crippen MR) is 84.7 cm³/mol. The van der Waals surface area contributed by atoms with Crippen molar-refractivity contribution in [2.24, 2.45) is 0 Å². The van der Waals surface area contributed by atoms with E-state index in [9.17, 15) is 0 Å². The summed E-state index contributed by atoms with van der Waals surface area (Å²) in [6.45, 7) is 13.5. The minimum Gasteiger partial charge on any atom is -0.245 e. The number of hydrogen-bond donors (Lipinski definition) is 0. The Kier molecular flexibility index (Phi) is 8.83. The molecule has 19 heavy (non-hydrogen) atoms. The smallest absolute Gasteiger partial charge is 0.222 e. The van der Waals surface area contributed by atoms with E-state index in [1.54, 1.807) is 0 Å². The summed E-state index contributed by atoms with van der Waals surface area (Å²) in [5.74, 6) is 0. The molecule has 0 aromatic carbocycles. The molecular weight excluding hydrogens is 236 g/mol. The zero-order valence-electron chi connectivity index (χ0n) is 14.6. The summed E-state index contributed by atoms with van der Waals surface area (Å²) < 4.78 is 0.913. The molecular formula is C15H37N4+. The van der Waals surface area contributed by atoms with Crippen LogP contribution >= 0.6 is 0 Å². The van der Waals surface area contributed by atoms with Crippen LogP contribution in [0.4, 0.5) is 0 Å². The van der Waals surface area contributed by atoms with Gasteiger partial charge in [0.1, 0.15) is 0 Å². The second kappa shape index (κ2) is 8.90. The highest BCUT2D eigenvalue weighted by Crippen LogP contribution is 2.19. The van der Waals surface area contributed by atoms with Crippen molar-refractivity contribution in [3.05, 3.63) is 0 Å². The Morgan fingerprint density at radius 2 is 1.26 bits per heavy atom. The van der Waals surface area contributed by atoms with E-state index in [1.165, 1.54) is 12.8 Å². The zero-order valence-corrected chi connectivity index (χ0v) is 14.6. The maximum atomic E-state index is 2.60. The van der Waals surface area contributed by atoms with E-state index >= 15 is 0 Å². The third kappa shape index (κ3) is 5.03. The highest BCUT2D eigenvalue weighted by atomic mass is 15.8. The van der Waals surface area contributed by atoms with Gasteiger partial charge >= 0.3 is 0 Å². The summed E-state index contributed by atoms with van der Waals surface area (Å²) in [4.78, 5) is 4.89. The first kappa shape index (κ1) is 18.8. The van der Waals surface area contributed by atoms with Gasteiger partial charge in [-0.25, -0.2) is 14.4 Å². The molecule has 0 amide bonds. The molecule has 0 aromatic heterocycles. The fraction of sp³-hybridized carbons (Fsp3) is 1.00. The lowest BCUT2D eigenvalue weighted by Gasteiger charge is -2.50. The molecule has 0 aliphatic heterocycles. The van der Waals surface area contributed by atoms with Crippen LogP contribution in [0.15, 0.2) is 0 Å². The van der Waals surface area contributed by atoms with Crippen molar-refractivity contribution < 1.29 is 4.59 Å². The van der Waals surface area contributed by atoms with Gasteiger partial charge in [-0.2, -0.15) is 5.01 Å². The Morgan fingerprint density at radius 1 is 0.842 bits per heavy atom. The normalized spacial score (nSPS) is 14.7. The minimum atomic E-state index is 0.396. The highest BCUT2D eigenvalue weighted by molar-refractivity contribution is 4.59. The molecule has 4 nitrogen and oxygen atoms in total. The van der Waals surface area contributed by atoms with Gasteiger partial charge in [-0.05, 0) is 26.9 Å². The Balaban J connectivity index is 5.22.